The van der Waals surface area contributed by atoms with Gasteiger partial charge in [-0.25, -0.2) is 9.37 Å². The van der Waals surface area contributed by atoms with Crippen LogP contribution < -0.4 is 10.1 Å². The lowest BCUT2D eigenvalue weighted by Crippen LogP contribution is -2.21. The van der Waals surface area contributed by atoms with Gasteiger partial charge in [-0.2, -0.15) is 9.78 Å². The fraction of sp³-hybridized carbons (Fsp3) is 0.150. The standard InChI is InChI=1S/C20H17FN4O2S/c1-12-6-8-14(9-7-12)27-11-18(26)22-17-10-13(2)24-25(17)20-23-19-15(21)4-3-5-16(19)28-20/h3-10H,11H2,1-2H3,(H,22,26). The Balaban J connectivity index is 1.53. The predicted molar refractivity (Wildman–Crippen MR) is 107 cm³/mol. The van der Waals surface area contributed by atoms with Crippen LogP contribution >= 0.6 is 11.3 Å². The van der Waals surface area contributed by atoms with E-state index in [0.29, 0.717) is 27.1 Å². The van der Waals surface area contributed by atoms with Gasteiger partial charge in [-0.3, -0.25) is 4.79 Å². The van der Waals surface area contributed by atoms with E-state index >= 15 is 0 Å². The van der Waals surface area contributed by atoms with Gasteiger partial charge in [-0.05, 0) is 38.1 Å². The number of thiazole rings is 1. The zero-order valence-corrected chi connectivity index (χ0v) is 16.1. The monoisotopic (exact) mass is 396 g/mol. The third-order valence-corrected chi connectivity index (χ3v) is 5.03. The van der Waals surface area contributed by atoms with Crippen molar-refractivity contribution in [3.63, 3.8) is 0 Å². The number of amides is 1. The quantitative estimate of drug-likeness (QED) is 0.547. The second-order valence-electron chi connectivity index (χ2n) is 6.32. The molecule has 1 N–H and O–H groups in total. The van der Waals surface area contributed by atoms with Gasteiger partial charge in [0, 0.05) is 6.07 Å². The second-order valence-corrected chi connectivity index (χ2v) is 7.32. The summed E-state index contributed by atoms with van der Waals surface area (Å²) in [6.07, 6.45) is 0. The van der Waals surface area contributed by atoms with Crippen LogP contribution in [0.25, 0.3) is 15.3 Å². The van der Waals surface area contributed by atoms with E-state index in [9.17, 15) is 9.18 Å². The topological polar surface area (TPSA) is 69.0 Å². The molecule has 2 aromatic carbocycles. The smallest absolute Gasteiger partial charge is 0.263 e. The summed E-state index contributed by atoms with van der Waals surface area (Å²) in [5.41, 5.74) is 2.11. The molecule has 4 rings (SSSR count). The molecule has 6 nitrogen and oxygen atoms in total. The van der Waals surface area contributed by atoms with E-state index in [2.05, 4.69) is 15.4 Å². The number of aromatic nitrogens is 3. The minimum atomic E-state index is -0.388. The van der Waals surface area contributed by atoms with Crippen LogP contribution in [-0.4, -0.2) is 27.3 Å². The Hall–Kier alpha value is -3.26. The molecule has 2 aromatic heterocycles. The van der Waals surface area contributed by atoms with Crippen molar-refractivity contribution < 1.29 is 13.9 Å². The van der Waals surface area contributed by atoms with Gasteiger partial charge in [0.2, 0.25) is 5.13 Å². The number of anilines is 1. The molecule has 0 fully saturated rings. The second kappa shape index (κ2) is 7.40. The van der Waals surface area contributed by atoms with E-state index in [4.69, 9.17) is 4.74 Å². The molecule has 0 aliphatic rings. The Labute approximate surface area is 164 Å². The van der Waals surface area contributed by atoms with Gasteiger partial charge in [0.15, 0.2) is 6.61 Å². The molecule has 0 unspecified atom stereocenters. The van der Waals surface area contributed by atoms with E-state index in [0.717, 1.165) is 5.56 Å². The minimum absolute atomic E-state index is 0.137. The summed E-state index contributed by atoms with van der Waals surface area (Å²) < 4.78 is 21.7. The lowest BCUT2D eigenvalue weighted by Gasteiger charge is -2.08. The van der Waals surface area contributed by atoms with E-state index in [1.807, 2.05) is 38.1 Å². The van der Waals surface area contributed by atoms with Gasteiger partial charge >= 0.3 is 0 Å². The summed E-state index contributed by atoms with van der Waals surface area (Å²) in [5, 5.41) is 7.63. The largest absolute Gasteiger partial charge is 0.484 e. The lowest BCUT2D eigenvalue weighted by atomic mass is 10.2. The van der Waals surface area contributed by atoms with Crippen molar-refractivity contribution in [3.8, 4) is 10.9 Å². The number of rotatable bonds is 5. The van der Waals surface area contributed by atoms with Crippen molar-refractivity contribution in [2.24, 2.45) is 0 Å². The number of aryl methyl sites for hydroxylation is 2. The number of para-hydroxylation sites is 1. The van der Waals surface area contributed by atoms with Gasteiger partial charge in [0.05, 0.1) is 10.4 Å². The summed E-state index contributed by atoms with van der Waals surface area (Å²) >= 11 is 1.30. The summed E-state index contributed by atoms with van der Waals surface area (Å²) in [4.78, 5) is 16.6. The molecule has 0 saturated carbocycles. The maximum atomic E-state index is 13.9. The van der Waals surface area contributed by atoms with Crippen LogP contribution in [0, 0.1) is 19.7 Å². The summed E-state index contributed by atoms with van der Waals surface area (Å²) in [5.74, 6) is 0.358. The molecule has 142 valence electrons. The molecule has 0 bridgehead atoms. The first-order chi connectivity index (χ1) is 13.5. The van der Waals surface area contributed by atoms with Crippen molar-refractivity contribution in [1.29, 1.82) is 0 Å². The first kappa shape index (κ1) is 18.1. The van der Waals surface area contributed by atoms with Gasteiger partial charge in [-0.1, -0.05) is 35.1 Å². The van der Waals surface area contributed by atoms with Crippen molar-refractivity contribution >= 4 is 33.3 Å². The number of benzene rings is 2. The fourth-order valence-electron chi connectivity index (χ4n) is 2.69. The van der Waals surface area contributed by atoms with Crippen LogP contribution in [0.1, 0.15) is 11.3 Å². The molecule has 1 amide bonds. The Morgan fingerprint density at radius 2 is 2.00 bits per heavy atom. The Morgan fingerprint density at radius 3 is 2.75 bits per heavy atom. The molecule has 28 heavy (non-hydrogen) atoms. The van der Waals surface area contributed by atoms with Crippen LogP contribution in [0.15, 0.2) is 48.5 Å². The maximum Gasteiger partial charge on any atom is 0.263 e. The van der Waals surface area contributed by atoms with E-state index in [1.54, 1.807) is 18.2 Å². The number of nitrogens with one attached hydrogen (secondary N) is 1. The van der Waals surface area contributed by atoms with Crippen molar-refractivity contribution in [2.45, 2.75) is 13.8 Å². The number of halogens is 1. The third kappa shape index (κ3) is 3.72. The van der Waals surface area contributed by atoms with Crippen LogP contribution in [0.5, 0.6) is 5.75 Å². The third-order valence-electron chi connectivity index (χ3n) is 4.03. The van der Waals surface area contributed by atoms with E-state index in [1.165, 1.54) is 22.1 Å². The number of hydrogen-bond acceptors (Lipinski definition) is 5. The minimum Gasteiger partial charge on any atom is -0.484 e. The average molecular weight is 396 g/mol. The van der Waals surface area contributed by atoms with Crippen molar-refractivity contribution in [1.82, 2.24) is 14.8 Å². The normalized spacial score (nSPS) is 11.0. The zero-order valence-electron chi connectivity index (χ0n) is 15.3. The molecule has 0 radical (unpaired) electrons. The molecular weight excluding hydrogens is 379 g/mol. The number of hydrogen-bond donors (Lipinski definition) is 1. The first-order valence-corrected chi connectivity index (χ1v) is 9.42. The average Bonchev–Trinajstić information content (AvgIpc) is 3.25. The van der Waals surface area contributed by atoms with Gasteiger partial charge < -0.3 is 10.1 Å². The number of carbonyl (C=O) groups excluding carboxylic acids is 1. The van der Waals surface area contributed by atoms with Crippen LogP contribution in [-0.2, 0) is 4.79 Å². The highest BCUT2D eigenvalue weighted by Crippen LogP contribution is 2.28. The van der Waals surface area contributed by atoms with E-state index in [-0.39, 0.29) is 23.8 Å². The zero-order chi connectivity index (χ0) is 19.7. The van der Waals surface area contributed by atoms with Crippen molar-refractivity contribution in [3.05, 3.63) is 65.6 Å². The molecule has 0 aliphatic heterocycles. The summed E-state index contributed by atoms with van der Waals surface area (Å²) in [7, 11) is 0. The van der Waals surface area contributed by atoms with Gasteiger partial charge in [0.1, 0.15) is 22.9 Å². The Morgan fingerprint density at radius 1 is 1.21 bits per heavy atom. The Bertz CT molecular complexity index is 1150. The first-order valence-electron chi connectivity index (χ1n) is 8.61. The van der Waals surface area contributed by atoms with E-state index < -0.39 is 0 Å². The molecule has 0 saturated heterocycles. The highest BCUT2D eigenvalue weighted by atomic mass is 32.1. The highest BCUT2D eigenvalue weighted by molar-refractivity contribution is 7.20. The fourth-order valence-corrected chi connectivity index (χ4v) is 3.64. The molecule has 0 spiro atoms. The molecule has 4 aromatic rings. The molecule has 0 atom stereocenters. The molecule has 0 aliphatic carbocycles. The molecular formula is C20H17FN4O2S. The van der Waals surface area contributed by atoms with Crippen molar-refractivity contribution in [2.75, 3.05) is 11.9 Å². The SMILES string of the molecule is Cc1ccc(OCC(=O)Nc2cc(C)nn2-c2nc3c(F)cccc3s2)cc1. The van der Waals surface area contributed by atoms with Crippen LogP contribution in [0.2, 0.25) is 0 Å². The lowest BCUT2D eigenvalue weighted by molar-refractivity contribution is -0.118. The number of fused-ring (bicyclic) bond motifs is 1. The summed E-state index contributed by atoms with van der Waals surface area (Å²) in [6.45, 7) is 3.65. The van der Waals surface area contributed by atoms with Gasteiger partial charge in [0.25, 0.3) is 5.91 Å². The van der Waals surface area contributed by atoms with Gasteiger partial charge in [-0.15, -0.1) is 0 Å². The number of carbonyl (C=O) groups is 1. The number of ether oxygens (including phenoxy) is 1. The van der Waals surface area contributed by atoms with Crippen LogP contribution in [0.4, 0.5) is 10.2 Å². The molecule has 8 heteroatoms. The number of nitrogens with zero attached hydrogens (tertiary/aromatic N) is 3. The highest BCUT2D eigenvalue weighted by Gasteiger charge is 2.16. The Kier molecular flexibility index (Phi) is 4.79. The predicted octanol–water partition coefficient (Wildman–Crippen LogP) is 4.26. The maximum absolute atomic E-state index is 13.9. The van der Waals surface area contributed by atoms with Crippen LogP contribution in [0.3, 0.4) is 0 Å². The summed E-state index contributed by atoms with van der Waals surface area (Å²) in [6, 6.07) is 14.0. The molecule has 2 heterocycles.